The summed E-state index contributed by atoms with van der Waals surface area (Å²) in [5, 5.41) is 9.05. The molecule has 1 saturated heterocycles. The molecule has 1 fully saturated rings. The van der Waals surface area contributed by atoms with Crippen LogP contribution in [0.4, 0.5) is 0 Å². The van der Waals surface area contributed by atoms with Gasteiger partial charge in [0.15, 0.2) is 0 Å². The summed E-state index contributed by atoms with van der Waals surface area (Å²) in [6.45, 7) is 4.96. The van der Waals surface area contributed by atoms with Gasteiger partial charge in [0.2, 0.25) is 0 Å². The molecule has 1 aliphatic heterocycles. The molecule has 0 unspecified atom stereocenters. The zero-order chi connectivity index (χ0) is 20.2. The van der Waals surface area contributed by atoms with Gasteiger partial charge in [-0.2, -0.15) is 0 Å². The summed E-state index contributed by atoms with van der Waals surface area (Å²) in [6, 6.07) is 16.6. The first kappa shape index (κ1) is 22.1. The Morgan fingerprint density at radius 1 is 1.17 bits per heavy atom. The highest BCUT2D eigenvalue weighted by Gasteiger charge is 2.33. The fraction of sp³-hybridized carbons (Fsp3) is 0.320. The lowest BCUT2D eigenvalue weighted by molar-refractivity contribution is -0.147. The van der Waals surface area contributed by atoms with Gasteiger partial charge in [-0.25, -0.2) is 0 Å². The van der Waals surface area contributed by atoms with Crippen LogP contribution >= 0.6 is 12.4 Å². The Balaban J connectivity index is 0.00000256. The molecule has 0 bridgehead atoms. The van der Waals surface area contributed by atoms with E-state index in [1.54, 1.807) is 0 Å². The number of carboxylic acid groups (broad SMARTS) is 1. The maximum Gasteiger partial charge on any atom is 0.309 e. The fourth-order valence-corrected chi connectivity index (χ4v) is 4.11. The van der Waals surface area contributed by atoms with Crippen LogP contribution in [0.1, 0.15) is 30.0 Å². The van der Waals surface area contributed by atoms with Gasteiger partial charge in [0.05, 0.1) is 5.92 Å². The molecule has 4 nitrogen and oxygen atoms in total. The number of rotatable bonds is 7. The van der Waals surface area contributed by atoms with Gasteiger partial charge in [-0.15, -0.1) is 12.4 Å². The van der Waals surface area contributed by atoms with E-state index in [1.165, 1.54) is 27.8 Å². The minimum Gasteiger partial charge on any atom is -0.490 e. The van der Waals surface area contributed by atoms with E-state index in [1.807, 2.05) is 30.3 Å². The predicted molar refractivity (Wildman–Crippen MR) is 123 cm³/mol. The topological polar surface area (TPSA) is 49.8 Å². The van der Waals surface area contributed by atoms with Crippen molar-refractivity contribution in [3.63, 3.8) is 0 Å². The number of benzene rings is 2. The highest BCUT2D eigenvalue weighted by atomic mass is 35.5. The number of hydrogen-bond acceptors (Lipinski definition) is 3. The number of aliphatic carboxylic acids is 1. The normalized spacial score (nSPS) is 16.7. The van der Waals surface area contributed by atoms with E-state index >= 15 is 0 Å². The van der Waals surface area contributed by atoms with Gasteiger partial charge in [-0.1, -0.05) is 48.0 Å². The van der Waals surface area contributed by atoms with E-state index < -0.39 is 5.97 Å². The maximum atomic E-state index is 11.0. The Kier molecular flexibility index (Phi) is 7.35. The monoisotopic (exact) mass is 425 g/mol. The molecule has 2 aromatic carbocycles. The van der Waals surface area contributed by atoms with E-state index in [2.05, 4.69) is 42.2 Å². The van der Waals surface area contributed by atoms with Crippen LogP contribution in [0.15, 0.2) is 60.2 Å². The largest absolute Gasteiger partial charge is 0.490 e. The Bertz CT molecular complexity index is 946. The second-order valence-electron chi connectivity index (χ2n) is 7.90. The van der Waals surface area contributed by atoms with Crippen molar-refractivity contribution >= 4 is 30.0 Å². The van der Waals surface area contributed by atoms with Crippen LogP contribution in [-0.2, 0) is 11.2 Å². The lowest BCUT2D eigenvalue weighted by Gasteiger charge is -2.38. The van der Waals surface area contributed by atoms with E-state index in [0.717, 1.165) is 25.1 Å². The zero-order valence-electron chi connectivity index (χ0n) is 17.2. The van der Waals surface area contributed by atoms with Crippen molar-refractivity contribution in [3.05, 3.63) is 76.9 Å². The molecule has 0 aromatic heterocycles. The first-order valence-electron chi connectivity index (χ1n) is 10.2. The number of carboxylic acids is 1. The molecule has 0 amide bonds. The zero-order valence-corrected chi connectivity index (χ0v) is 18.0. The van der Waals surface area contributed by atoms with Gasteiger partial charge in [0.1, 0.15) is 12.4 Å². The van der Waals surface area contributed by atoms with Crippen LogP contribution in [0.2, 0.25) is 0 Å². The number of aryl methyl sites for hydroxylation is 1. The smallest absolute Gasteiger partial charge is 0.309 e. The summed E-state index contributed by atoms with van der Waals surface area (Å²) in [5.41, 5.74) is 6.57. The third kappa shape index (κ3) is 5.13. The minimum atomic E-state index is -0.674. The second-order valence-corrected chi connectivity index (χ2v) is 7.90. The van der Waals surface area contributed by atoms with Crippen molar-refractivity contribution in [2.45, 2.75) is 19.8 Å². The molecular formula is C25H28ClNO3. The summed E-state index contributed by atoms with van der Waals surface area (Å²) in [5.74, 6) is 0.0410. The molecule has 2 aromatic rings. The molecule has 5 heteroatoms. The van der Waals surface area contributed by atoms with Crippen molar-refractivity contribution in [1.82, 2.24) is 4.90 Å². The average molecular weight is 426 g/mol. The Labute approximate surface area is 184 Å². The first-order chi connectivity index (χ1) is 14.1. The number of fused-ring (bicyclic) bond motifs is 1. The summed E-state index contributed by atoms with van der Waals surface area (Å²) >= 11 is 0. The SMILES string of the molecule is CC1=C(CN2CC(C(=O)O)C2)CCc2cc(OC/C=C/c3ccccc3)ccc21.Cl. The van der Waals surface area contributed by atoms with Crippen molar-refractivity contribution in [2.75, 3.05) is 26.2 Å². The quantitative estimate of drug-likeness (QED) is 0.682. The van der Waals surface area contributed by atoms with Crippen LogP contribution in [0, 0.1) is 5.92 Å². The molecule has 4 rings (SSSR count). The van der Waals surface area contributed by atoms with Crippen LogP contribution in [0.25, 0.3) is 11.6 Å². The lowest BCUT2D eigenvalue weighted by atomic mass is 9.85. The van der Waals surface area contributed by atoms with Gasteiger partial charge in [-0.05, 0) is 60.2 Å². The number of nitrogens with zero attached hydrogens (tertiary/aromatic N) is 1. The van der Waals surface area contributed by atoms with Crippen LogP contribution < -0.4 is 4.74 Å². The maximum absolute atomic E-state index is 11.0. The molecule has 1 aliphatic carbocycles. The van der Waals surface area contributed by atoms with E-state index in [4.69, 9.17) is 9.84 Å². The van der Waals surface area contributed by atoms with Crippen molar-refractivity contribution in [3.8, 4) is 5.75 Å². The number of carbonyl (C=O) groups is 1. The van der Waals surface area contributed by atoms with Gasteiger partial charge in [0.25, 0.3) is 0 Å². The number of ether oxygens (including phenoxy) is 1. The summed E-state index contributed by atoms with van der Waals surface area (Å²) in [4.78, 5) is 13.2. The van der Waals surface area contributed by atoms with E-state index in [0.29, 0.717) is 19.7 Å². The molecule has 158 valence electrons. The Hall–Kier alpha value is -2.56. The van der Waals surface area contributed by atoms with Crippen molar-refractivity contribution in [2.24, 2.45) is 5.92 Å². The van der Waals surface area contributed by atoms with E-state index in [-0.39, 0.29) is 18.3 Å². The molecule has 1 N–H and O–H groups in total. The van der Waals surface area contributed by atoms with Gasteiger partial charge in [-0.3, -0.25) is 9.69 Å². The Morgan fingerprint density at radius 3 is 2.67 bits per heavy atom. The van der Waals surface area contributed by atoms with Crippen LogP contribution in [0.5, 0.6) is 5.75 Å². The number of allylic oxidation sites excluding steroid dienone is 1. The molecular weight excluding hydrogens is 398 g/mol. The van der Waals surface area contributed by atoms with Crippen molar-refractivity contribution in [1.29, 1.82) is 0 Å². The lowest BCUT2D eigenvalue weighted by Crippen LogP contribution is -2.50. The van der Waals surface area contributed by atoms with Crippen LogP contribution in [0.3, 0.4) is 0 Å². The molecule has 30 heavy (non-hydrogen) atoms. The van der Waals surface area contributed by atoms with Crippen molar-refractivity contribution < 1.29 is 14.6 Å². The molecule has 0 radical (unpaired) electrons. The Morgan fingerprint density at radius 2 is 1.93 bits per heavy atom. The third-order valence-electron chi connectivity index (χ3n) is 5.88. The number of hydrogen-bond donors (Lipinski definition) is 1. The van der Waals surface area contributed by atoms with Gasteiger partial charge < -0.3 is 9.84 Å². The molecule has 0 atom stereocenters. The standard InChI is InChI=1S/C25H27NO3.ClH/c1-18-21(15-26-16-22(17-26)25(27)28)10-9-20-14-23(11-12-24(18)20)29-13-5-8-19-6-3-2-4-7-19;/h2-8,11-12,14,22H,9-10,13,15-17H2,1H3,(H,27,28);1H/b8-5+;. The highest BCUT2D eigenvalue weighted by molar-refractivity contribution is 5.85. The number of halogens is 1. The van der Waals surface area contributed by atoms with Crippen LogP contribution in [-0.4, -0.2) is 42.2 Å². The third-order valence-corrected chi connectivity index (χ3v) is 5.88. The fourth-order valence-electron chi connectivity index (χ4n) is 4.11. The molecule has 2 aliphatic rings. The summed E-state index contributed by atoms with van der Waals surface area (Å²) in [7, 11) is 0. The van der Waals surface area contributed by atoms with E-state index in [9.17, 15) is 4.79 Å². The second kappa shape index (κ2) is 9.96. The molecule has 1 heterocycles. The molecule has 0 saturated carbocycles. The average Bonchev–Trinajstić information content (AvgIpc) is 2.69. The summed E-state index contributed by atoms with van der Waals surface area (Å²) in [6.07, 6.45) is 6.15. The first-order valence-corrected chi connectivity index (χ1v) is 10.2. The minimum absolute atomic E-state index is 0. The predicted octanol–water partition coefficient (Wildman–Crippen LogP) is 4.94. The van der Waals surface area contributed by atoms with Gasteiger partial charge in [0, 0.05) is 19.6 Å². The van der Waals surface area contributed by atoms with Gasteiger partial charge >= 0.3 is 5.97 Å². The summed E-state index contributed by atoms with van der Waals surface area (Å²) < 4.78 is 5.91. The highest BCUT2D eigenvalue weighted by Crippen LogP contribution is 2.34. The number of likely N-dealkylation sites (tertiary alicyclic amines) is 1. The molecule has 0 spiro atoms.